The Morgan fingerprint density at radius 2 is 2.08 bits per heavy atom. The molecule has 0 fully saturated rings. The van der Waals surface area contributed by atoms with E-state index in [-0.39, 0.29) is 51.4 Å². The maximum Gasteiger partial charge on any atom is 1.00 e. The Hall–Kier alpha value is 0.701. The van der Waals surface area contributed by atoms with Crippen LogP contribution in [0.15, 0.2) is 12.3 Å². The van der Waals surface area contributed by atoms with E-state index in [0.717, 1.165) is 4.68 Å². The van der Waals surface area contributed by atoms with Gasteiger partial charge in [0.15, 0.2) is 0 Å². The Balaban J connectivity index is 0.00000121. The van der Waals surface area contributed by atoms with Gasteiger partial charge in [0.05, 0.1) is 0 Å². The summed E-state index contributed by atoms with van der Waals surface area (Å²) in [5, 5.41) is 3.51. The molecule has 0 aliphatic carbocycles. The Morgan fingerprint density at radius 1 is 1.50 bits per heavy atom. The summed E-state index contributed by atoms with van der Waals surface area (Å²) < 4.78 is 36.3. The molecule has 0 saturated heterocycles. The molecule has 0 N–H and O–H groups in total. The molecule has 7 heteroatoms. The maximum absolute atomic E-state index is 11.8. The SMILES string of the molecule is Cc1ccnn1C[B-](F)(F)F.[K+]. The third-order valence-electron chi connectivity index (χ3n) is 1.31. The van der Waals surface area contributed by atoms with Crippen LogP contribution >= 0.6 is 0 Å². The average molecular weight is 202 g/mol. The third-order valence-corrected chi connectivity index (χ3v) is 1.31. The predicted molar refractivity (Wildman–Crippen MR) is 36.0 cm³/mol. The molecular formula is C5H7BF3KN2. The normalized spacial score (nSPS) is 11.0. The number of hydrogen-bond donors (Lipinski definition) is 0. The molecule has 0 radical (unpaired) electrons. The van der Waals surface area contributed by atoms with Crippen LogP contribution in [-0.4, -0.2) is 16.8 Å². The number of nitrogens with zero attached hydrogens (tertiary/aromatic N) is 2. The van der Waals surface area contributed by atoms with E-state index < -0.39 is 13.4 Å². The van der Waals surface area contributed by atoms with Crippen LogP contribution in [-0.2, 0) is 6.44 Å². The van der Waals surface area contributed by atoms with Gasteiger partial charge in [-0.05, 0) is 13.0 Å². The zero-order chi connectivity index (χ0) is 8.48. The molecule has 0 saturated carbocycles. The van der Waals surface area contributed by atoms with Crippen molar-refractivity contribution in [3.05, 3.63) is 18.0 Å². The van der Waals surface area contributed by atoms with Gasteiger partial charge < -0.3 is 12.9 Å². The van der Waals surface area contributed by atoms with E-state index in [4.69, 9.17) is 0 Å². The topological polar surface area (TPSA) is 17.8 Å². The first kappa shape index (κ1) is 12.7. The van der Waals surface area contributed by atoms with E-state index in [1.807, 2.05) is 0 Å². The summed E-state index contributed by atoms with van der Waals surface area (Å²) >= 11 is 0. The van der Waals surface area contributed by atoms with Gasteiger partial charge in [0.25, 0.3) is 0 Å². The second kappa shape index (κ2) is 4.80. The number of rotatable bonds is 2. The molecule has 1 aromatic heterocycles. The van der Waals surface area contributed by atoms with Crippen molar-refractivity contribution in [2.24, 2.45) is 0 Å². The van der Waals surface area contributed by atoms with Crippen LogP contribution in [0.2, 0.25) is 0 Å². The minimum absolute atomic E-state index is 0. The van der Waals surface area contributed by atoms with Crippen molar-refractivity contribution < 1.29 is 64.3 Å². The smallest absolute Gasteiger partial charge is 0.448 e. The van der Waals surface area contributed by atoms with Crippen LogP contribution in [0, 0.1) is 6.92 Å². The summed E-state index contributed by atoms with van der Waals surface area (Å²) in [4.78, 5) is 0. The van der Waals surface area contributed by atoms with Crippen LogP contribution in [0.5, 0.6) is 0 Å². The zero-order valence-corrected chi connectivity index (χ0v) is 10.1. The monoisotopic (exact) mass is 202 g/mol. The quantitative estimate of drug-likeness (QED) is 0.538. The van der Waals surface area contributed by atoms with Crippen LogP contribution in [0.4, 0.5) is 12.9 Å². The summed E-state index contributed by atoms with van der Waals surface area (Å²) in [7, 11) is 0. The van der Waals surface area contributed by atoms with Crippen LogP contribution in [0.25, 0.3) is 0 Å². The molecule has 1 heterocycles. The summed E-state index contributed by atoms with van der Waals surface area (Å²) in [5.74, 6) is 0. The van der Waals surface area contributed by atoms with E-state index in [1.54, 1.807) is 13.0 Å². The molecule has 12 heavy (non-hydrogen) atoms. The molecule has 0 atom stereocenters. The Bertz CT molecular complexity index is 247. The number of halogens is 3. The first-order chi connectivity index (χ1) is 4.99. The van der Waals surface area contributed by atoms with Crippen LogP contribution < -0.4 is 51.4 Å². The van der Waals surface area contributed by atoms with Crippen LogP contribution in [0.1, 0.15) is 5.69 Å². The van der Waals surface area contributed by atoms with E-state index in [1.165, 1.54) is 6.20 Å². The molecule has 1 aromatic rings. The minimum Gasteiger partial charge on any atom is -0.448 e. The van der Waals surface area contributed by atoms with E-state index in [0.29, 0.717) is 5.69 Å². The van der Waals surface area contributed by atoms with Gasteiger partial charge in [0.1, 0.15) is 0 Å². The van der Waals surface area contributed by atoms with Crippen molar-refractivity contribution in [1.29, 1.82) is 0 Å². The Morgan fingerprint density at radius 3 is 2.42 bits per heavy atom. The number of hydrogen-bond acceptors (Lipinski definition) is 1. The molecule has 1 rings (SSSR count). The first-order valence-electron chi connectivity index (χ1n) is 3.18. The van der Waals surface area contributed by atoms with Gasteiger partial charge in [-0.3, -0.25) is 4.68 Å². The van der Waals surface area contributed by atoms with E-state index in [2.05, 4.69) is 5.10 Å². The molecule has 0 bridgehead atoms. The van der Waals surface area contributed by atoms with Crippen molar-refractivity contribution in [2.75, 3.05) is 0 Å². The molecular weight excluding hydrogens is 195 g/mol. The van der Waals surface area contributed by atoms with Crippen molar-refractivity contribution in [3.8, 4) is 0 Å². The Kier molecular flexibility index (Phi) is 5.08. The van der Waals surface area contributed by atoms with Gasteiger partial charge >= 0.3 is 58.4 Å². The number of aromatic nitrogens is 2. The molecule has 0 aromatic carbocycles. The van der Waals surface area contributed by atoms with Gasteiger partial charge in [-0.1, -0.05) is 0 Å². The molecule has 0 amide bonds. The number of aryl methyl sites for hydroxylation is 1. The average Bonchev–Trinajstić information content (AvgIpc) is 2.12. The van der Waals surface area contributed by atoms with Crippen LogP contribution in [0.3, 0.4) is 0 Å². The van der Waals surface area contributed by atoms with Crippen molar-refractivity contribution in [2.45, 2.75) is 13.4 Å². The first-order valence-corrected chi connectivity index (χ1v) is 3.18. The third kappa shape index (κ3) is 4.09. The summed E-state index contributed by atoms with van der Waals surface area (Å²) in [6.45, 7) is -3.18. The zero-order valence-electron chi connectivity index (χ0n) is 6.97. The van der Waals surface area contributed by atoms with Crippen molar-refractivity contribution >= 4 is 6.98 Å². The summed E-state index contributed by atoms with van der Waals surface area (Å²) in [6, 6.07) is 1.54. The maximum atomic E-state index is 11.8. The van der Waals surface area contributed by atoms with E-state index >= 15 is 0 Å². The molecule has 0 spiro atoms. The second-order valence-corrected chi connectivity index (χ2v) is 2.37. The minimum atomic E-state index is -4.77. The van der Waals surface area contributed by atoms with E-state index in [9.17, 15) is 12.9 Å². The molecule has 0 unspecified atom stereocenters. The molecule has 62 valence electrons. The van der Waals surface area contributed by atoms with Gasteiger partial charge in [-0.25, -0.2) is 0 Å². The summed E-state index contributed by atoms with van der Waals surface area (Å²) in [6.07, 6.45) is 0.413. The second-order valence-electron chi connectivity index (χ2n) is 2.37. The van der Waals surface area contributed by atoms with Gasteiger partial charge in [0, 0.05) is 18.3 Å². The predicted octanol–water partition coefficient (Wildman–Crippen LogP) is -1.42. The largest absolute Gasteiger partial charge is 1.00 e. The molecule has 0 aliphatic heterocycles. The fourth-order valence-electron chi connectivity index (χ4n) is 0.786. The van der Waals surface area contributed by atoms with Crippen molar-refractivity contribution in [1.82, 2.24) is 9.78 Å². The standard InChI is InChI=1S/C5H7BF3N2.K/c1-5-2-3-10-11(5)4-6(7,8)9;/h2-3H,4H2,1H3;/q-1;+1. The summed E-state index contributed by atoms with van der Waals surface area (Å²) in [5.41, 5.74) is 0.532. The van der Waals surface area contributed by atoms with Gasteiger partial charge in [-0.15, -0.1) is 0 Å². The van der Waals surface area contributed by atoms with Crippen molar-refractivity contribution in [3.63, 3.8) is 0 Å². The fraction of sp³-hybridized carbons (Fsp3) is 0.400. The van der Waals surface area contributed by atoms with Gasteiger partial charge in [-0.2, -0.15) is 5.10 Å². The fourth-order valence-corrected chi connectivity index (χ4v) is 0.786. The molecule has 0 aliphatic rings. The van der Waals surface area contributed by atoms with Gasteiger partial charge in [0.2, 0.25) is 0 Å². The molecule has 2 nitrogen and oxygen atoms in total. The Labute approximate surface area is 111 Å².